The number of benzene rings is 1. The topological polar surface area (TPSA) is 36.4 Å². The van der Waals surface area contributed by atoms with Gasteiger partial charge in [-0.05, 0) is 13.3 Å². The second kappa shape index (κ2) is 5.87. The Bertz CT molecular complexity index is 600. The summed E-state index contributed by atoms with van der Waals surface area (Å²) in [5.74, 6) is 0. The molecule has 2 heterocycles. The highest BCUT2D eigenvalue weighted by Crippen LogP contribution is 2.29. The van der Waals surface area contributed by atoms with Gasteiger partial charge >= 0.3 is 0 Å². The van der Waals surface area contributed by atoms with E-state index in [1.54, 1.807) is 11.3 Å². The summed E-state index contributed by atoms with van der Waals surface area (Å²) >= 11 is 1.69. The van der Waals surface area contributed by atoms with E-state index in [1.807, 2.05) is 0 Å². The van der Waals surface area contributed by atoms with Gasteiger partial charge in [0.25, 0.3) is 0 Å². The Hall–Kier alpha value is -1.23. The van der Waals surface area contributed by atoms with E-state index >= 15 is 0 Å². The molecule has 0 amide bonds. The first-order valence-electron chi connectivity index (χ1n) is 7.54. The van der Waals surface area contributed by atoms with Crippen LogP contribution in [-0.2, 0) is 6.54 Å². The van der Waals surface area contributed by atoms with Crippen molar-refractivity contribution in [2.45, 2.75) is 38.8 Å². The number of hydrogen-bond donors (Lipinski definition) is 1. The van der Waals surface area contributed by atoms with E-state index in [4.69, 9.17) is 4.98 Å². The lowest BCUT2D eigenvalue weighted by molar-refractivity contribution is -0.107. The van der Waals surface area contributed by atoms with E-state index < -0.39 is 5.60 Å². The average molecular weight is 302 g/mol. The van der Waals surface area contributed by atoms with Crippen molar-refractivity contribution in [1.82, 2.24) is 9.88 Å². The number of likely N-dealkylation sites (tertiary alicyclic amines) is 1. The third kappa shape index (κ3) is 3.34. The third-order valence-electron chi connectivity index (χ3n) is 3.99. The van der Waals surface area contributed by atoms with Crippen LogP contribution >= 0.6 is 11.3 Å². The average Bonchev–Trinajstić information content (AvgIpc) is 2.87. The molecule has 0 saturated carbocycles. The van der Waals surface area contributed by atoms with E-state index in [2.05, 4.69) is 48.4 Å². The van der Waals surface area contributed by atoms with E-state index in [0.717, 1.165) is 43.2 Å². The van der Waals surface area contributed by atoms with Crippen LogP contribution < -0.4 is 0 Å². The predicted molar refractivity (Wildman–Crippen MR) is 87.4 cm³/mol. The fraction of sp³-hybridized carbons (Fsp3) is 0.471. The molecule has 3 nitrogen and oxygen atoms in total. The van der Waals surface area contributed by atoms with Gasteiger partial charge in [0.2, 0.25) is 0 Å². The summed E-state index contributed by atoms with van der Waals surface area (Å²) in [5, 5.41) is 13.4. The fourth-order valence-corrected chi connectivity index (χ4v) is 3.78. The minimum atomic E-state index is -0.454. The van der Waals surface area contributed by atoms with Crippen molar-refractivity contribution in [3.63, 3.8) is 0 Å². The van der Waals surface area contributed by atoms with Crippen LogP contribution in [0.1, 0.15) is 31.0 Å². The summed E-state index contributed by atoms with van der Waals surface area (Å²) in [5.41, 5.74) is 3.10. The molecular formula is C17H22N2OS. The fourth-order valence-electron chi connectivity index (χ4n) is 2.96. The van der Waals surface area contributed by atoms with Crippen LogP contribution in [0.25, 0.3) is 10.6 Å². The summed E-state index contributed by atoms with van der Waals surface area (Å²) in [6.07, 6.45) is 1.94. The van der Waals surface area contributed by atoms with Crippen molar-refractivity contribution in [1.29, 1.82) is 0 Å². The molecule has 1 aliphatic rings. The van der Waals surface area contributed by atoms with E-state index in [-0.39, 0.29) is 0 Å². The summed E-state index contributed by atoms with van der Waals surface area (Å²) in [4.78, 5) is 6.99. The number of rotatable bonds is 5. The normalized spacial score (nSPS) is 17.7. The van der Waals surface area contributed by atoms with Crippen molar-refractivity contribution in [2.75, 3.05) is 13.1 Å². The molecule has 1 aromatic carbocycles. The third-order valence-corrected chi connectivity index (χ3v) is 4.93. The molecule has 4 heteroatoms. The second-order valence-electron chi connectivity index (χ2n) is 6.13. The van der Waals surface area contributed by atoms with Gasteiger partial charge in [-0.15, -0.1) is 11.3 Å². The van der Waals surface area contributed by atoms with Crippen molar-refractivity contribution in [3.8, 4) is 10.6 Å². The number of thiazole rings is 1. The maximum absolute atomic E-state index is 10.2. The molecular weight excluding hydrogens is 280 g/mol. The van der Waals surface area contributed by atoms with Crippen LogP contribution in [-0.4, -0.2) is 33.7 Å². The number of nitrogens with zero attached hydrogens (tertiary/aromatic N) is 2. The van der Waals surface area contributed by atoms with Gasteiger partial charge < -0.3 is 5.11 Å². The molecule has 0 bridgehead atoms. The van der Waals surface area contributed by atoms with E-state index in [9.17, 15) is 5.11 Å². The molecule has 2 aromatic rings. The molecule has 0 aliphatic carbocycles. The maximum atomic E-state index is 10.2. The zero-order valence-corrected chi connectivity index (χ0v) is 13.5. The van der Waals surface area contributed by atoms with Crippen molar-refractivity contribution in [3.05, 3.63) is 40.9 Å². The Morgan fingerprint density at radius 1 is 1.29 bits per heavy atom. The van der Waals surface area contributed by atoms with Gasteiger partial charge in [-0.2, -0.15) is 0 Å². The lowest BCUT2D eigenvalue weighted by Crippen LogP contribution is -2.60. The highest BCUT2D eigenvalue weighted by atomic mass is 32.1. The molecule has 1 N–H and O–H groups in total. The minimum Gasteiger partial charge on any atom is -0.387 e. The Balaban J connectivity index is 1.60. The largest absolute Gasteiger partial charge is 0.387 e. The molecule has 3 rings (SSSR count). The first-order chi connectivity index (χ1) is 10.1. The maximum Gasteiger partial charge on any atom is 0.123 e. The molecule has 21 heavy (non-hydrogen) atoms. The van der Waals surface area contributed by atoms with Crippen LogP contribution in [0.5, 0.6) is 0 Å². The lowest BCUT2D eigenvalue weighted by Gasteiger charge is -2.46. The van der Waals surface area contributed by atoms with Gasteiger partial charge in [0.1, 0.15) is 5.01 Å². The van der Waals surface area contributed by atoms with Gasteiger partial charge in [-0.1, -0.05) is 43.2 Å². The number of hydrogen-bond acceptors (Lipinski definition) is 4. The summed E-state index contributed by atoms with van der Waals surface area (Å²) in [6.45, 7) is 6.61. The van der Waals surface area contributed by atoms with E-state index in [1.165, 1.54) is 11.1 Å². The number of aryl methyl sites for hydroxylation is 1. The van der Waals surface area contributed by atoms with Crippen LogP contribution in [0.4, 0.5) is 0 Å². The SMILES string of the molecule is CCCC1(O)CN(Cc2csc(-c3ccc(C)cc3)n2)C1. The number of aromatic nitrogens is 1. The molecule has 1 fully saturated rings. The smallest absolute Gasteiger partial charge is 0.123 e. The molecule has 1 saturated heterocycles. The molecule has 0 unspecified atom stereocenters. The Morgan fingerprint density at radius 2 is 2.00 bits per heavy atom. The minimum absolute atomic E-state index is 0.454. The molecule has 0 spiro atoms. The zero-order valence-electron chi connectivity index (χ0n) is 12.7. The standard InChI is InChI=1S/C17H22N2OS/c1-3-8-17(20)11-19(12-17)9-15-10-21-16(18-15)14-6-4-13(2)5-7-14/h4-7,10,20H,3,8-9,11-12H2,1-2H3. The van der Waals surface area contributed by atoms with Crippen LogP contribution in [0.2, 0.25) is 0 Å². The van der Waals surface area contributed by atoms with Gasteiger partial charge in [0, 0.05) is 30.6 Å². The molecule has 1 aliphatic heterocycles. The monoisotopic (exact) mass is 302 g/mol. The van der Waals surface area contributed by atoms with Gasteiger partial charge in [0.15, 0.2) is 0 Å². The van der Waals surface area contributed by atoms with Crippen molar-refractivity contribution in [2.24, 2.45) is 0 Å². The molecule has 1 aromatic heterocycles. The van der Waals surface area contributed by atoms with Crippen molar-refractivity contribution < 1.29 is 5.11 Å². The molecule has 0 atom stereocenters. The molecule has 0 radical (unpaired) electrons. The summed E-state index contributed by atoms with van der Waals surface area (Å²) in [7, 11) is 0. The first-order valence-corrected chi connectivity index (χ1v) is 8.42. The van der Waals surface area contributed by atoms with Crippen LogP contribution in [0.15, 0.2) is 29.6 Å². The van der Waals surface area contributed by atoms with Gasteiger partial charge in [0.05, 0.1) is 11.3 Å². The van der Waals surface area contributed by atoms with Gasteiger partial charge in [-0.25, -0.2) is 4.98 Å². The lowest BCUT2D eigenvalue weighted by atomic mass is 9.89. The quantitative estimate of drug-likeness (QED) is 0.919. The van der Waals surface area contributed by atoms with Crippen LogP contribution in [0.3, 0.4) is 0 Å². The summed E-state index contributed by atoms with van der Waals surface area (Å²) in [6, 6.07) is 8.50. The Labute approximate surface area is 130 Å². The Morgan fingerprint density at radius 3 is 2.67 bits per heavy atom. The number of β-amino-alcohol motifs (C(OH)–C–C–N with tert-alkyl or cyclic N) is 1. The van der Waals surface area contributed by atoms with E-state index in [0.29, 0.717) is 0 Å². The first kappa shape index (κ1) is 14.7. The predicted octanol–water partition coefficient (Wildman–Crippen LogP) is 3.47. The number of aliphatic hydroxyl groups is 1. The highest BCUT2D eigenvalue weighted by Gasteiger charge is 2.40. The van der Waals surface area contributed by atoms with Gasteiger partial charge in [-0.3, -0.25) is 4.90 Å². The summed E-state index contributed by atoms with van der Waals surface area (Å²) < 4.78 is 0. The van der Waals surface area contributed by atoms with Crippen LogP contribution in [0, 0.1) is 6.92 Å². The highest BCUT2D eigenvalue weighted by molar-refractivity contribution is 7.13. The van der Waals surface area contributed by atoms with Crippen molar-refractivity contribution >= 4 is 11.3 Å². The Kier molecular flexibility index (Phi) is 4.11. The second-order valence-corrected chi connectivity index (χ2v) is 6.99. The molecule has 112 valence electrons. The zero-order chi connectivity index (χ0) is 14.9.